The van der Waals surface area contributed by atoms with Gasteiger partial charge in [0.15, 0.2) is 0 Å². The molecule has 1 fully saturated rings. The van der Waals surface area contributed by atoms with E-state index in [4.69, 9.17) is 5.73 Å². The zero-order chi connectivity index (χ0) is 13.8. The molecular weight excluding hydrogens is 236 g/mol. The van der Waals surface area contributed by atoms with Gasteiger partial charge >= 0.3 is 0 Å². The van der Waals surface area contributed by atoms with Crippen LogP contribution in [-0.2, 0) is 4.79 Å². The number of hydrogen-bond donors (Lipinski definition) is 1. The second kappa shape index (κ2) is 6.20. The number of likely N-dealkylation sites (tertiary alicyclic amines) is 1. The number of nitrogens with zero attached hydrogens (tertiary/aromatic N) is 1. The maximum Gasteiger partial charge on any atom is 0.226 e. The molecule has 1 aliphatic rings. The summed E-state index contributed by atoms with van der Waals surface area (Å²) < 4.78 is 0. The Morgan fingerprint density at radius 3 is 2.68 bits per heavy atom. The average Bonchev–Trinajstić information content (AvgIpc) is 2.46. The minimum absolute atomic E-state index is 0.0551. The van der Waals surface area contributed by atoms with Crippen LogP contribution < -0.4 is 5.73 Å². The third-order valence-corrected chi connectivity index (χ3v) is 4.22. The predicted octanol–water partition coefficient (Wildman–Crippen LogP) is 2.23. The van der Waals surface area contributed by atoms with Gasteiger partial charge in [-0.25, -0.2) is 0 Å². The minimum atomic E-state index is -0.0551. The highest BCUT2D eigenvalue weighted by Crippen LogP contribution is 2.32. The third-order valence-electron chi connectivity index (χ3n) is 4.22. The van der Waals surface area contributed by atoms with Crippen LogP contribution in [0.2, 0.25) is 0 Å². The van der Waals surface area contributed by atoms with Crippen LogP contribution in [-0.4, -0.2) is 30.4 Å². The van der Waals surface area contributed by atoms with Crippen LogP contribution in [0.4, 0.5) is 0 Å². The first-order chi connectivity index (χ1) is 9.13. The Kier molecular flexibility index (Phi) is 4.59. The molecule has 0 radical (unpaired) electrons. The molecule has 0 aliphatic carbocycles. The molecule has 1 aromatic carbocycles. The summed E-state index contributed by atoms with van der Waals surface area (Å²) in [5, 5.41) is 0. The zero-order valence-electron chi connectivity index (χ0n) is 11.9. The SMILES string of the molecule is CC(CN)C(=O)N1CCC(c2ccccc2)C(C)C1. The number of carbonyl (C=O) groups excluding carboxylic acids is 1. The van der Waals surface area contributed by atoms with Crippen LogP contribution >= 0.6 is 0 Å². The van der Waals surface area contributed by atoms with E-state index in [0.717, 1.165) is 19.5 Å². The highest BCUT2D eigenvalue weighted by atomic mass is 16.2. The molecule has 3 atom stereocenters. The summed E-state index contributed by atoms with van der Waals surface area (Å²) >= 11 is 0. The lowest BCUT2D eigenvalue weighted by Crippen LogP contribution is -2.45. The lowest BCUT2D eigenvalue weighted by molar-refractivity contribution is -0.136. The fourth-order valence-corrected chi connectivity index (χ4v) is 2.95. The Morgan fingerprint density at radius 1 is 1.42 bits per heavy atom. The van der Waals surface area contributed by atoms with Crippen molar-refractivity contribution in [2.24, 2.45) is 17.6 Å². The maximum absolute atomic E-state index is 12.2. The molecule has 0 spiro atoms. The van der Waals surface area contributed by atoms with Gasteiger partial charge in [0.25, 0.3) is 0 Å². The molecule has 2 rings (SSSR count). The van der Waals surface area contributed by atoms with Crippen LogP contribution in [0.25, 0.3) is 0 Å². The van der Waals surface area contributed by atoms with Crippen molar-refractivity contribution >= 4 is 5.91 Å². The van der Waals surface area contributed by atoms with E-state index in [-0.39, 0.29) is 11.8 Å². The summed E-state index contributed by atoms with van der Waals surface area (Å²) in [7, 11) is 0. The van der Waals surface area contributed by atoms with Crippen LogP contribution in [0, 0.1) is 11.8 Å². The smallest absolute Gasteiger partial charge is 0.226 e. The lowest BCUT2D eigenvalue weighted by atomic mass is 9.81. The first-order valence-electron chi connectivity index (χ1n) is 7.17. The van der Waals surface area contributed by atoms with Gasteiger partial charge in [0.1, 0.15) is 0 Å². The molecule has 3 unspecified atom stereocenters. The van der Waals surface area contributed by atoms with E-state index in [1.807, 2.05) is 11.8 Å². The maximum atomic E-state index is 12.2. The van der Waals surface area contributed by atoms with Crippen LogP contribution in [0.15, 0.2) is 30.3 Å². The van der Waals surface area contributed by atoms with Gasteiger partial charge in [0.05, 0.1) is 0 Å². The molecule has 3 heteroatoms. The topological polar surface area (TPSA) is 46.3 Å². The molecule has 0 bridgehead atoms. The van der Waals surface area contributed by atoms with Crippen molar-refractivity contribution in [3.05, 3.63) is 35.9 Å². The molecule has 2 N–H and O–H groups in total. The van der Waals surface area contributed by atoms with Crippen molar-refractivity contribution in [1.82, 2.24) is 4.90 Å². The van der Waals surface area contributed by atoms with Gasteiger partial charge in [-0.05, 0) is 23.8 Å². The second-order valence-electron chi connectivity index (χ2n) is 5.70. The highest BCUT2D eigenvalue weighted by molar-refractivity contribution is 5.78. The Morgan fingerprint density at radius 2 is 2.11 bits per heavy atom. The van der Waals surface area contributed by atoms with Crippen molar-refractivity contribution in [3.8, 4) is 0 Å². The van der Waals surface area contributed by atoms with E-state index in [1.165, 1.54) is 5.56 Å². The lowest BCUT2D eigenvalue weighted by Gasteiger charge is -2.38. The molecule has 1 amide bonds. The second-order valence-corrected chi connectivity index (χ2v) is 5.70. The van der Waals surface area contributed by atoms with Gasteiger partial charge in [0, 0.05) is 25.6 Å². The monoisotopic (exact) mass is 260 g/mol. The minimum Gasteiger partial charge on any atom is -0.342 e. The summed E-state index contributed by atoms with van der Waals surface area (Å²) in [6.45, 7) is 6.29. The van der Waals surface area contributed by atoms with Gasteiger partial charge < -0.3 is 10.6 Å². The zero-order valence-corrected chi connectivity index (χ0v) is 11.9. The molecule has 1 aliphatic heterocycles. The summed E-state index contributed by atoms with van der Waals surface area (Å²) in [6.07, 6.45) is 1.05. The first-order valence-corrected chi connectivity index (χ1v) is 7.17. The fraction of sp³-hybridized carbons (Fsp3) is 0.562. The quantitative estimate of drug-likeness (QED) is 0.906. The summed E-state index contributed by atoms with van der Waals surface area (Å²) in [6, 6.07) is 10.6. The van der Waals surface area contributed by atoms with Crippen molar-refractivity contribution < 1.29 is 4.79 Å². The van der Waals surface area contributed by atoms with E-state index in [9.17, 15) is 4.79 Å². The fourth-order valence-electron chi connectivity index (χ4n) is 2.95. The number of nitrogens with two attached hydrogens (primary N) is 1. The van der Waals surface area contributed by atoms with Crippen molar-refractivity contribution in [2.75, 3.05) is 19.6 Å². The van der Waals surface area contributed by atoms with Gasteiger partial charge in [-0.3, -0.25) is 4.79 Å². The number of amides is 1. The van der Waals surface area contributed by atoms with Gasteiger partial charge in [-0.1, -0.05) is 44.2 Å². The van der Waals surface area contributed by atoms with Crippen molar-refractivity contribution in [3.63, 3.8) is 0 Å². The summed E-state index contributed by atoms with van der Waals surface area (Å²) in [5.74, 6) is 1.23. The molecule has 104 valence electrons. The Labute approximate surface area is 115 Å². The van der Waals surface area contributed by atoms with E-state index >= 15 is 0 Å². The predicted molar refractivity (Wildman–Crippen MR) is 77.8 cm³/mol. The van der Waals surface area contributed by atoms with Crippen LogP contribution in [0.5, 0.6) is 0 Å². The van der Waals surface area contributed by atoms with Crippen LogP contribution in [0.3, 0.4) is 0 Å². The third kappa shape index (κ3) is 3.16. The van der Waals surface area contributed by atoms with Gasteiger partial charge in [0.2, 0.25) is 5.91 Å². The largest absolute Gasteiger partial charge is 0.342 e. The number of rotatable bonds is 3. The van der Waals surface area contributed by atoms with E-state index < -0.39 is 0 Å². The van der Waals surface area contributed by atoms with Crippen molar-refractivity contribution in [2.45, 2.75) is 26.2 Å². The molecule has 1 saturated heterocycles. The summed E-state index contributed by atoms with van der Waals surface area (Å²) in [4.78, 5) is 14.2. The average molecular weight is 260 g/mol. The van der Waals surface area contributed by atoms with Crippen molar-refractivity contribution in [1.29, 1.82) is 0 Å². The molecule has 0 saturated carbocycles. The van der Waals surface area contributed by atoms with Gasteiger partial charge in [-0.2, -0.15) is 0 Å². The van der Waals surface area contributed by atoms with E-state index in [2.05, 4.69) is 37.3 Å². The number of carbonyl (C=O) groups is 1. The highest BCUT2D eigenvalue weighted by Gasteiger charge is 2.30. The van der Waals surface area contributed by atoms with Gasteiger partial charge in [-0.15, -0.1) is 0 Å². The van der Waals surface area contributed by atoms with E-state index in [1.54, 1.807) is 0 Å². The standard InChI is InChI=1S/C16H24N2O/c1-12(10-17)16(19)18-9-8-15(13(2)11-18)14-6-4-3-5-7-14/h3-7,12-13,15H,8-11,17H2,1-2H3. The molecule has 1 aromatic rings. The molecule has 3 nitrogen and oxygen atoms in total. The first kappa shape index (κ1) is 14.1. The normalized spacial score (nSPS) is 25.1. The Hall–Kier alpha value is -1.35. The number of piperidine rings is 1. The summed E-state index contributed by atoms with van der Waals surface area (Å²) in [5.41, 5.74) is 6.98. The number of hydrogen-bond acceptors (Lipinski definition) is 2. The molecule has 0 aromatic heterocycles. The van der Waals surface area contributed by atoms with Crippen LogP contribution in [0.1, 0.15) is 31.7 Å². The van der Waals surface area contributed by atoms with E-state index in [0.29, 0.717) is 18.4 Å². The molecule has 1 heterocycles. The number of benzene rings is 1. The molecular formula is C16H24N2O. The molecule has 19 heavy (non-hydrogen) atoms. The Balaban J connectivity index is 2.01. The Bertz CT molecular complexity index is 418.